The van der Waals surface area contributed by atoms with Crippen LogP contribution in [0.4, 0.5) is 0 Å². The Balaban J connectivity index is 2.54. The minimum absolute atomic E-state index is 0.155. The summed E-state index contributed by atoms with van der Waals surface area (Å²) in [6, 6.07) is 9.87. The third-order valence-electron chi connectivity index (χ3n) is 3.48. The number of benzene rings is 1. The highest BCUT2D eigenvalue weighted by atomic mass is 16.5. The maximum Gasteiger partial charge on any atom is 0.312 e. The Hall–Kier alpha value is -2.23. The van der Waals surface area contributed by atoms with Gasteiger partial charge in [-0.3, -0.25) is 4.79 Å². The lowest BCUT2D eigenvalue weighted by Gasteiger charge is -2.32. The predicted molar refractivity (Wildman–Crippen MR) is 76.1 cm³/mol. The lowest BCUT2D eigenvalue weighted by atomic mass is 9.72. The number of carbonyl (C=O) groups excluding carboxylic acids is 1. The zero-order chi connectivity index (χ0) is 14.6. The number of nitrogens with zero attached hydrogens (tertiary/aromatic N) is 2. The highest BCUT2D eigenvalue weighted by Crippen LogP contribution is 2.41. The number of carbonyl (C=O) groups is 1. The van der Waals surface area contributed by atoms with Crippen LogP contribution in [0.3, 0.4) is 0 Å². The molecule has 1 unspecified atom stereocenters. The molecule has 0 aliphatic rings. The minimum atomic E-state index is -0.708. The van der Waals surface area contributed by atoms with Gasteiger partial charge >= 0.3 is 5.97 Å². The van der Waals surface area contributed by atoms with Crippen molar-refractivity contribution in [2.45, 2.75) is 19.8 Å². The van der Waals surface area contributed by atoms with Gasteiger partial charge in [-0.25, -0.2) is 9.97 Å². The van der Waals surface area contributed by atoms with Crippen LogP contribution in [-0.2, 0) is 9.53 Å². The zero-order valence-corrected chi connectivity index (χ0v) is 11.9. The minimum Gasteiger partial charge on any atom is -0.469 e. The van der Waals surface area contributed by atoms with E-state index in [-0.39, 0.29) is 11.9 Å². The number of ether oxygens (including phenoxy) is 1. The molecule has 104 valence electrons. The van der Waals surface area contributed by atoms with Crippen LogP contribution >= 0.6 is 0 Å². The second-order valence-electron chi connectivity index (χ2n) is 5.23. The van der Waals surface area contributed by atoms with Crippen molar-refractivity contribution in [1.29, 1.82) is 0 Å². The highest BCUT2D eigenvalue weighted by molar-refractivity contribution is 5.78. The van der Waals surface area contributed by atoms with Crippen molar-refractivity contribution in [1.82, 2.24) is 9.97 Å². The molecule has 4 heteroatoms. The second-order valence-corrected chi connectivity index (χ2v) is 5.23. The molecule has 0 aliphatic carbocycles. The molecule has 0 N–H and O–H groups in total. The molecule has 1 atom stereocenters. The molecule has 2 aromatic rings. The first-order chi connectivity index (χ1) is 9.57. The molecule has 1 heterocycles. The van der Waals surface area contributed by atoms with Gasteiger partial charge in [0.25, 0.3) is 0 Å². The van der Waals surface area contributed by atoms with Crippen LogP contribution < -0.4 is 0 Å². The topological polar surface area (TPSA) is 52.1 Å². The van der Waals surface area contributed by atoms with E-state index in [2.05, 4.69) is 9.97 Å². The van der Waals surface area contributed by atoms with E-state index in [0.29, 0.717) is 0 Å². The number of aromatic nitrogens is 2. The predicted octanol–water partition coefficient (Wildman–Crippen LogP) is 2.81. The first-order valence-corrected chi connectivity index (χ1v) is 6.45. The summed E-state index contributed by atoms with van der Waals surface area (Å²) in [4.78, 5) is 20.3. The molecule has 0 fully saturated rings. The molecule has 1 aromatic carbocycles. The van der Waals surface area contributed by atoms with Gasteiger partial charge in [0.2, 0.25) is 0 Å². The average molecular weight is 270 g/mol. The summed E-state index contributed by atoms with van der Waals surface area (Å²) in [6.07, 6.45) is 4.97. The Labute approximate surface area is 118 Å². The summed E-state index contributed by atoms with van der Waals surface area (Å²) in [5.41, 5.74) is 1.23. The lowest BCUT2D eigenvalue weighted by Crippen LogP contribution is -2.33. The van der Waals surface area contributed by atoms with Gasteiger partial charge in [-0.1, -0.05) is 30.3 Å². The summed E-state index contributed by atoms with van der Waals surface area (Å²) in [5, 5.41) is 0. The quantitative estimate of drug-likeness (QED) is 0.802. The van der Waals surface area contributed by atoms with E-state index >= 15 is 0 Å². The SMILES string of the molecule is COC(=O)C(C)(C)C(c1ccccc1)c1cncnc1. The molecular formula is C16H18N2O2. The summed E-state index contributed by atoms with van der Waals surface area (Å²) >= 11 is 0. The molecule has 0 amide bonds. The van der Waals surface area contributed by atoms with Crippen LogP contribution in [0.1, 0.15) is 30.9 Å². The molecule has 0 saturated carbocycles. The van der Waals surface area contributed by atoms with Crippen LogP contribution in [0, 0.1) is 5.41 Å². The van der Waals surface area contributed by atoms with E-state index in [1.165, 1.54) is 13.4 Å². The molecule has 0 aliphatic heterocycles. The van der Waals surface area contributed by atoms with E-state index in [1.54, 1.807) is 12.4 Å². The molecule has 1 aromatic heterocycles. The Kier molecular flexibility index (Phi) is 4.13. The van der Waals surface area contributed by atoms with Gasteiger partial charge in [0.15, 0.2) is 0 Å². The molecule has 0 saturated heterocycles. The molecule has 20 heavy (non-hydrogen) atoms. The molecule has 2 rings (SSSR count). The van der Waals surface area contributed by atoms with Crippen LogP contribution in [0.15, 0.2) is 49.1 Å². The van der Waals surface area contributed by atoms with Crippen molar-refractivity contribution in [2.75, 3.05) is 7.11 Å². The third-order valence-corrected chi connectivity index (χ3v) is 3.48. The van der Waals surface area contributed by atoms with E-state index in [0.717, 1.165) is 11.1 Å². The van der Waals surface area contributed by atoms with Crippen LogP contribution in [0.5, 0.6) is 0 Å². The van der Waals surface area contributed by atoms with Gasteiger partial charge in [0.05, 0.1) is 12.5 Å². The first-order valence-electron chi connectivity index (χ1n) is 6.45. The largest absolute Gasteiger partial charge is 0.469 e. The van der Waals surface area contributed by atoms with Crippen molar-refractivity contribution in [2.24, 2.45) is 5.41 Å². The Morgan fingerprint density at radius 1 is 1.10 bits per heavy atom. The summed E-state index contributed by atoms with van der Waals surface area (Å²) in [7, 11) is 1.41. The first kappa shape index (κ1) is 14.2. The van der Waals surface area contributed by atoms with Gasteiger partial charge in [-0.2, -0.15) is 0 Å². The van der Waals surface area contributed by atoms with Crippen LogP contribution in [-0.4, -0.2) is 23.0 Å². The van der Waals surface area contributed by atoms with Crippen molar-refractivity contribution in [3.8, 4) is 0 Å². The number of esters is 1. The smallest absolute Gasteiger partial charge is 0.312 e. The summed E-state index contributed by atoms with van der Waals surface area (Å²) < 4.78 is 4.96. The molecular weight excluding hydrogens is 252 g/mol. The van der Waals surface area contributed by atoms with E-state index in [4.69, 9.17) is 4.74 Å². The lowest BCUT2D eigenvalue weighted by molar-refractivity contribution is -0.151. The number of hydrogen-bond donors (Lipinski definition) is 0. The molecule has 0 radical (unpaired) electrons. The molecule has 4 nitrogen and oxygen atoms in total. The third kappa shape index (κ3) is 2.69. The fraction of sp³-hybridized carbons (Fsp3) is 0.312. The summed E-state index contributed by atoms with van der Waals surface area (Å²) in [5.74, 6) is -0.410. The Morgan fingerprint density at radius 2 is 1.70 bits per heavy atom. The maximum atomic E-state index is 12.2. The zero-order valence-electron chi connectivity index (χ0n) is 11.9. The van der Waals surface area contributed by atoms with E-state index < -0.39 is 5.41 Å². The van der Waals surface area contributed by atoms with Gasteiger partial charge < -0.3 is 4.74 Å². The van der Waals surface area contributed by atoms with Gasteiger partial charge in [-0.15, -0.1) is 0 Å². The Bertz CT molecular complexity index is 528. The number of hydrogen-bond acceptors (Lipinski definition) is 4. The van der Waals surface area contributed by atoms with Gasteiger partial charge in [0, 0.05) is 18.3 Å². The van der Waals surface area contributed by atoms with Crippen molar-refractivity contribution < 1.29 is 9.53 Å². The second kappa shape index (κ2) is 5.82. The molecule has 0 spiro atoms. The average Bonchev–Trinajstić information content (AvgIpc) is 2.48. The standard InChI is InChI=1S/C16H18N2O2/c1-16(2,15(19)20-3)14(12-7-5-4-6-8-12)13-9-17-11-18-10-13/h4-11,14H,1-3H3. The van der Waals surface area contributed by atoms with Gasteiger partial charge in [-0.05, 0) is 25.0 Å². The Morgan fingerprint density at radius 3 is 2.25 bits per heavy atom. The van der Waals surface area contributed by atoms with Crippen molar-refractivity contribution in [3.05, 3.63) is 60.2 Å². The van der Waals surface area contributed by atoms with Crippen LogP contribution in [0.25, 0.3) is 0 Å². The van der Waals surface area contributed by atoms with E-state index in [9.17, 15) is 4.79 Å². The van der Waals surface area contributed by atoms with Crippen LogP contribution in [0.2, 0.25) is 0 Å². The van der Waals surface area contributed by atoms with Crippen molar-refractivity contribution in [3.63, 3.8) is 0 Å². The van der Waals surface area contributed by atoms with Gasteiger partial charge in [0.1, 0.15) is 6.33 Å². The monoisotopic (exact) mass is 270 g/mol. The fourth-order valence-electron chi connectivity index (χ4n) is 2.51. The van der Waals surface area contributed by atoms with Crippen molar-refractivity contribution >= 4 is 5.97 Å². The maximum absolute atomic E-state index is 12.2. The van der Waals surface area contributed by atoms with E-state index in [1.807, 2.05) is 44.2 Å². The normalized spacial score (nSPS) is 12.8. The fourth-order valence-corrected chi connectivity index (χ4v) is 2.51. The summed E-state index contributed by atoms with van der Waals surface area (Å²) in [6.45, 7) is 3.76. The molecule has 0 bridgehead atoms. The number of methoxy groups -OCH3 is 1. The number of rotatable bonds is 4. The highest BCUT2D eigenvalue weighted by Gasteiger charge is 2.40.